The Balaban J connectivity index is 1.68. The van der Waals surface area contributed by atoms with E-state index in [0.717, 1.165) is 11.6 Å². The van der Waals surface area contributed by atoms with E-state index in [0.29, 0.717) is 36.8 Å². The lowest BCUT2D eigenvalue weighted by molar-refractivity contribution is -0.131. The number of fused-ring (bicyclic) bond motifs is 1. The van der Waals surface area contributed by atoms with Crippen LogP contribution in [0.5, 0.6) is 5.75 Å². The molecule has 1 aliphatic heterocycles. The Morgan fingerprint density at radius 3 is 2.77 bits per heavy atom. The second-order valence-corrected chi connectivity index (χ2v) is 5.74. The predicted octanol–water partition coefficient (Wildman–Crippen LogP) is 2.73. The molecule has 0 radical (unpaired) electrons. The average molecular weight is 353 g/mol. The van der Waals surface area contributed by atoms with Crippen LogP contribution in [0, 0.1) is 0 Å². The zero-order chi connectivity index (χ0) is 18.4. The van der Waals surface area contributed by atoms with Gasteiger partial charge in [0.2, 0.25) is 0 Å². The average Bonchev–Trinajstić information content (AvgIpc) is 2.65. The van der Waals surface area contributed by atoms with E-state index in [-0.39, 0.29) is 12.5 Å². The van der Waals surface area contributed by atoms with Crippen molar-refractivity contribution < 1.29 is 24.2 Å². The summed E-state index contributed by atoms with van der Waals surface area (Å²) in [7, 11) is 0. The number of rotatable bonds is 7. The number of para-hydroxylation sites is 1. The maximum atomic E-state index is 12.2. The van der Waals surface area contributed by atoms with E-state index in [1.807, 2.05) is 30.3 Å². The van der Waals surface area contributed by atoms with Crippen LogP contribution in [0.3, 0.4) is 0 Å². The van der Waals surface area contributed by atoms with Crippen LogP contribution < -0.4 is 9.64 Å². The summed E-state index contributed by atoms with van der Waals surface area (Å²) in [6, 6.07) is 15.1. The van der Waals surface area contributed by atoms with Gasteiger partial charge in [-0.3, -0.25) is 4.79 Å². The van der Waals surface area contributed by atoms with Gasteiger partial charge in [0.05, 0.1) is 18.9 Å². The number of aliphatic carboxylic acids is 1. The number of benzene rings is 2. The smallest absolute Gasteiger partial charge is 0.328 e. The van der Waals surface area contributed by atoms with Crippen LogP contribution >= 0.6 is 0 Å². The van der Waals surface area contributed by atoms with Crippen molar-refractivity contribution in [3.63, 3.8) is 0 Å². The molecular formula is C20H19NO5. The summed E-state index contributed by atoms with van der Waals surface area (Å²) in [5.74, 6) is -0.687. The van der Waals surface area contributed by atoms with Gasteiger partial charge in [0.25, 0.3) is 5.91 Å². The highest BCUT2D eigenvalue weighted by Gasteiger charge is 2.26. The molecule has 0 unspecified atom stereocenters. The van der Waals surface area contributed by atoms with E-state index < -0.39 is 5.97 Å². The fourth-order valence-corrected chi connectivity index (χ4v) is 2.72. The molecule has 1 heterocycles. The summed E-state index contributed by atoms with van der Waals surface area (Å²) >= 11 is 0. The predicted molar refractivity (Wildman–Crippen MR) is 97.1 cm³/mol. The molecule has 134 valence electrons. The number of anilines is 1. The van der Waals surface area contributed by atoms with E-state index in [1.165, 1.54) is 6.08 Å². The third kappa shape index (κ3) is 4.29. The molecule has 1 N–H and O–H groups in total. The largest absolute Gasteiger partial charge is 0.481 e. The molecule has 6 nitrogen and oxygen atoms in total. The number of carbonyl (C=O) groups is 2. The molecule has 26 heavy (non-hydrogen) atoms. The molecule has 6 heteroatoms. The van der Waals surface area contributed by atoms with Crippen LogP contribution in [0.15, 0.2) is 54.6 Å². The third-order valence-electron chi connectivity index (χ3n) is 3.93. The molecule has 3 rings (SSSR count). The molecule has 0 saturated carbocycles. The van der Waals surface area contributed by atoms with Crippen LogP contribution in [0.25, 0.3) is 6.08 Å². The fourth-order valence-electron chi connectivity index (χ4n) is 2.72. The van der Waals surface area contributed by atoms with Gasteiger partial charge in [-0.25, -0.2) is 4.79 Å². The molecule has 0 atom stereocenters. The minimum absolute atomic E-state index is 0.0798. The third-order valence-corrected chi connectivity index (χ3v) is 3.93. The number of hydrogen-bond acceptors (Lipinski definition) is 4. The van der Waals surface area contributed by atoms with Crippen molar-refractivity contribution in [1.29, 1.82) is 0 Å². The first-order valence-electron chi connectivity index (χ1n) is 8.24. The molecule has 1 aliphatic rings. The molecular weight excluding hydrogens is 334 g/mol. The molecule has 2 aromatic rings. The van der Waals surface area contributed by atoms with E-state index in [4.69, 9.17) is 14.6 Å². The van der Waals surface area contributed by atoms with Gasteiger partial charge in [0.1, 0.15) is 0 Å². The topological polar surface area (TPSA) is 76.1 Å². The molecule has 0 fully saturated rings. The Hall–Kier alpha value is -3.12. The Kier molecular flexibility index (Phi) is 5.66. The van der Waals surface area contributed by atoms with Crippen molar-refractivity contribution in [3.8, 4) is 5.75 Å². The molecule has 0 aromatic heterocycles. The monoisotopic (exact) mass is 353 g/mol. The van der Waals surface area contributed by atoms with E-state index in [1.54, 1.807) is 23.1 Å². The van der Waals surface area contributed by atoms with Crippen LogP contribution in [-0.4, -0.2) is 36.7 Å². The molecule has 0 spiro atoms. The Bertz CT molecular complexity index is 816. The van der Waals surface area contributed by atoms with Gasteiger partial charge in [-0.05, 0) is 17.7 Å². The van der Waals surface area contributed by atoms with Crippen molar-refractivity contribution in [1.82, 2.24) is 0 Å². The van der Waals surface area contributed by atoms with Gasteiger partial charge in [-0.2, -0.15) is 0 Å². The van der Waals surface area contributed by atoms with Crippen LogP contribution in [0.4, 0.5) is 5.69 Å². The molecule has 2 aromatic carbocycles. The molecule has 1 amide bonds. The van der Waals surface area contributed by atoms with E-state index in [9.17, 15) is 9.59 Å². The SMILES string of the molecule is O=C(O)/C=C/c1cccc2c1OCC(=O)N2CCOCc1ccccc1. The highest BCUT2D eigenvalue weighted by Crippen LogP contribution is 2.35. The number of carbonyl (C=O) groups excluding carboxylic acids is 1. The summed E-state index contributed by atoms with van der Waals surface area (Å²) in [6.45, 7) is 1.18. The molecule has 0 bridgehead atoms. The van der Waals surface area contributed by atoms with E-state index >= 15 is 0 Å². The normalized spacial score (nSPS) is 13.5. The standard InChI is InChI=1S/C20H19NO5/c22-18-14-26-20-16(9-10-19(23)24)7-4-8-17(20)21(18)11-12-25-13-15-5-2-1-3-6-15/h1-10H,11-14H2,(H,23,24)/b10-9+. The highest BCUT2D eigenvalue weighted by molar-refractivity contribution is 5.99. The Morgan fingerprint density at radius 2 is 2.00 bits per heavy atom. The quantitative estimate of drug-likeness (QED) is 0.612. The highest BCUT2D eigenvalue weighted by atomic mass is 16.5. The fraction of sp³-hybridized carbons (Fsp3) is 0.200. The lowest BCUT2D eigenvalue weighted by Crippen LogP contribution is -2.41. The summed E-state index contributed by atoms with van der Waals surface area (Å²) in [4.78, 5) is 24.6. The summed E-state index contributed by atoms with van der Waals surface area (Å²) in [5, 5.41) is 8.80. The van der Waals surface area contributed by atoms with Crippen molar-refractivity contribution in [2.75, 3.05) is 24.7 Å². The van der Waals surface area contributed by atoms with Crippen molar-refractivity contribution in [3.05, 3.63) is 65.7 Å². The number of ether oxygens (including phenoxy) is 2. The zero-order valence-corrected chi connectivity index (χ0v) is 14.1. The first-order chi connectivity index (χ1) is 12.6. The maximum absolute atomic E-state index is 12.2. The number of carboxylic acids is 1. The molecule has 0 aliphatic carbocycles. The number of hydrogen-bond donors (Lipinski definition) is 1. The van der Waals surface area contributed by atoms with Gasteiger partial charge in [0, 0.05) is 18.2 Å². The van der Waals surface area contributed by atoms with Crippen molar-refractivity contribution in [2.24, 2.45) is 0 Å². The first kappa shape index (κ1) is 17.7. The van der Waals surface area contributed by atoms with Crippen molar-refractivity contribution in [2.45, 2.75) is 6.61 Å². The number of nitrogens with zero attached hydrogens (tertiary/aromatic N) is 1. The van der Waals surface area contributed by atoms with Crippen molar-refractivity contribution >= 4 is 23.6 Å². The van der Waals surface area contributed by atoms with Crippen LogP contribution in [0.2, 0.25) is 0 Å². The van der Waals surface area contributed by atoms with Crippen LogP contribution in [-0.2, 0) is 20.9 Å². The second kappa shape index (κ2) is 8.31. The second-order valence-electron chi connectivity index (χ2n) is 5.74. The van der Waals surface area contributed by atoms with Gasteiger partial charge >= 0.3 is 5.97 Å². The molecule has 0 saturated heterocycles. The van der Waals surface area contributed by atoms with Crippen LogP contribution in [0.1, 0.15) is 11.1 Å². The van der Waals surface area contributed by atoms with Gasteiger partial charge in [-0.15, -0.1) is 0 Å². The zero-order valence-electron chi connectivity index (χ0n) is 14.1. The van der Waals surface area contributed by atoms with Gasteiger partial charge < -0.3 is 19.5 Å². The minimum Gasteiger partial charge on any atom is -0.481 e. The summed E-state index contributed by atoms with van der Waals surface area (Å²) < 4.78 is 11.2. The number of carboxylic acid groups (broad SMARTS) is 1. The Labute approximate surface area is 151 Å². The van der Waals surface area contributed by atoms with E-state index in [2.05, 4.69) is 0 Å². The summed E-state index contributed by atoms with van der Waals surface area (Å²) in [5.41, 5.74) is 2.31. The van der Waals surface area contributed by atoms with Gasteiger partial charge in [0.15, 0.2) is 12.4 Å². The first-order valence-corrected chi connectivity index (χ1v) is 8.24. The lowest BCUT2D eigenvalue weighted by atomic mass is 10.1. The van der Waals surface area contributed by atoms with Gasteiger partial charge in [-0.1, -0.05) is 42.5 Å². The lowest BCUT2D eigenvalue weighted by Gasteiger charge is -2.30. The minimum atomic E-state index is -1.04. The maximum Gasteiger partial charge on any atom is 0.328 e. The summed E-state index contributed by atoms with van der Waals surface area (Å²) in [6.07, 6.45) is 2.50. The Morgan fingerprint density at radius 1 is 1.19 bits per heavy atom. The number of amides is 1.